The van der Waals surface area contributed by atoms with Gasteiger partial charge in [-0.05, 0) is 49.9 Å². The van der Waals surface area contributed by atoms with Crippen molar-refractivity contribution in [1.29, 1.82) is 0 Å². The summed E-state index contributed by atoms with van der Waals surface area (Å²) in [6.45, 7) is 7.47. The molecule has 1 fully saturated rings. The van der Waals surface area contributed by atoms with Crippen molar-refractivity contribution in [2.24, 2.45) is 4.99 Å². The highest BCUT2D eigenvalue weighted by atomic mass is 127. The van der Waals surface area contributed by atoms with Gasteiger partial charge in [0.05, 0.1) is 12.6 Å². The molecule has 1 saturated heterocycles. The largest absolute Gasteiger partial charge is 0.376 e. The number of amides is 1. The molecule has 2 aromatic carbocycles. The predicted octanol–water partition coefficient (Wildman–Crippen LogP) is 3.78. The fraction of sp³-hybridized carbons (Fsp3) is 0.417. The zero-order chi connectivity index (χ0) is 21.2. The summed E-state index contributed by atoms with van der Waals surface area (Å²) in [6.07, 6.45) is 2.23. The lowest BCUT2D eigenvalue weighted by Crippen LogP contribution is -2.37. The van der Waals surface area contributed by atoms with E-state index in [9.17, 15) is 4.79 Å². The molecule has 168 valence electrons. The van der Waals surface area contributed by atoms with Gasteiger partial charge in [0.25, 0.3) is 5.91 Å². The molecule has 6 nitrogen and oxygen atoms in total. The van der Waals surface area contributed by atoms with E-state index in [1.54, 1.807) is 0 Å². The Morgan fingerprint density at radius 2 is 1.90 bits per heavy atom. The van der Waals surface area contributed by atoms with Crippen LogP contribution in [0.15, 0.2) is 53.5 Å². The van der Waals surface area contributed by atoms with Crippen LogP contribution in [0, 0.1) is 6.92 Å². The Morgan fingerprint density at radius 3 is 2.65 bits per heavy atom. The molecular weight excluding hydrogens is 503 g/mol. The van der Waals surface area contributed by atoms with Gasteiger partial charge in [0.15, 0.2) is 5.96 Å². The molecule has 1 aliphatic rings. The average Bonchev–Trinajstić information content (AvgIpc) is 3.28. The van der Waals surface area contributed by atoms with Crippen molar-refractivity contribution in [3.8, 4) is 0 Å². The van der Waals surface area contributed by atoms with Gasteiger partial charge < -0.3 is 20.7 Å². The molecule has 7 heteroatoms. The van der Waals surface area contributed by atoms with E-state index in [0.717, 1.165) is 37.5 Å². The summed E-state index contributed by atoms with van der Waals surface area (Å²) < 4.78 is 5.57. The van der Waals surface area contributed by atoms with E-state index < -0.39 is 0 Å². The van der Waals surface area contributed by atoms with E-state index >= 15 is 0 Å². The molecule has 1 aliphatic heterocycles. The molecule has 0 bridgehead atoms. The zero-order valence-corrected chi connectivity index (χ0v) is 20.6. The summed E-state index contributed by atoms with van der Waals surface area (Å²) in [4.78, 5) is 17.1. The average molecular weight is 536 g/mol. The van der Waals surface area contributed by atoms with Gasteiger partial charge in [-0.25, -0.2) is 4.99 Å². The Morgan fingerprint density at radius 1 is 1.10 bits per heavy atom. The smallest absolute Gasteiger partial charge is 0.251 e. The van der Waals surface area contributed by atoms with Crippen LogP contribution in [-0.4, -0.2) is 37.7 Å². The highest BCUT2D eigenvalue weighted by Gasteiger charge is 2.16. The number of aliphatic imine (C=N–C) groups is 1. The Hall–Kier alpha value is -2.13. The van der Waals surface area contributed by atoms with Gasteiger partial charge in [-0.15, -0.1) is 24.0 Å². The number of carbonyl (C=O) groups is 1. The number of guanidine groups is 1. The summed E-state index contributed by atoms with van der Waals surface area (Å²) in [5.74, 6) is 0.694. The molecular formula is C24H33IN4O2. The van der Waals surface area contributed by atoms with Gasteiger partial charge in [0, 0.05) is 31.8 Å². The van der Waals surface area contributed by atoms with E-state index in [1.807, 2.05) is 31.2 Å². The molecule has 0 spiro atoms. The molecule has 0 radical (unpaired) electrons. The van der Waals surface area contributed by atoms with Crippen molar-refractivity contribution in [3.05, 3.63) is 70.8 Å². The summed E-state index contributed by atoms with van der Waals surface area (Å²) in [6, 6.07) is 16.0. The van der Waals surface area contributed by atoms with Crippen LogP contribution in [-0.2, 0) is 17.8 Å². The molecule has 31 heavy (non-hydrogen) atoms. The second-order valence-electron chi connectivity index (χ2n) is 7.58. The lowest BCUT2D eigenvalue weighted by atomic mass is 10.1. The number of aryl methyl sites for hydroxylation is 1. The first-order valence-corrected chi connectivity index (χ1v) is 10.7. The Kier molecular flexibility index (Phi) is 10.8. The maximum absolute atomic E-state index is 12.5. The molecule has 1 amide bonds. The molecule has 3 rings (SSSR count). The monoisotopic (exact) mass is 536 g/mol. The van der Waals surface area contributed by atoms with Crippen LogP contribution in [0.3, 0.4) is 0 Å². The van der Waals surface area contributed by atoms with Crippen molar-refractivity contribution < 1.29 is 9.53 Å². The third kappa shape index (κ3) is 8.49. The number of carbonyl (C=O) groups excluding carboxylic acids is 1. The topological polar surface area (TPSA) is 74.8 Å². The Bertz CT molecular complexity index is 866. The first-order valence-electron chi connectivity index (χ1n) is 10.7. The normalized spacial score (nSPS) is 15.8. The molecule has 0 aliphatic carbocycles. The molecule has 0 saturated carbocycles. The molecule has 0 aromatic heterocycles. The van der Waals surface area contributed by atoms with Crippen molar-refractivity contribution >= 4 is 35.8 Å². The summed E-state index contributed by atoms with van der Waals surface area (Å²) in [5.41, 5.74) is 4.10. The lowest BCUT2D eigenvalue weighted by Gasteiger charge is -2.13. The van der Waals surface area contributed by atoms with E-state index in [2.05, 4.69) is 52.1 Å². The first kappa shape index (κ1) is 25.1. The minimum Gasteiger partial charge on any atom is -0.376 e. The van der Waals surface area contributed by atoms with Crippen molar-refractivity contribution in [2.75, 3.05) is 19.7 Å². The summed E-state index contributed by atoms with van der Waals surface area (Å²) in [7, 11) is 0. The van der Waals surface area contributed by atoms with Gasteiger partial charge in [-0.2, -0.15) is 0 Å². The number of ether oxygens (including phenoxy) is 1. The molecule has 3 N–H and O–H groups in total. The van der Waals surface area contributed by atoms with Crippen molar-refractivity contribution in [3.63, 3.8) is 0 Å². The number of hydrogen-bond acceptors (Lipinski definition) is 3. The number of hydrogen-bond donors (Lipinski definition) is 3. The van der Waals surface area contributed by atoms with Crippen LogP contribution in [0.25, 0.3) is 0 Å². The zero-order valence-electron chi connectivity index (χ0n) is 18.3. The quantitative estimate of drug-likeness (QED) is 0.273. The molecule has 1 heterocycles. The minimum absolute atomic E-state index is 0. The summed E-state index contributed by atoms with van der Waals surface area (Å²) >= 11 is 0. The molecule has 2 aromatic rings. The van der Waals surface area contributed by atoms with Crippen LogP contribution in [0.5, 0.6) is 0 Å². The Labute approximate surface area is 202 Å². The number of benzene rings is 2. The lowest BCUT2D eigenvalue weighted by molar-refractivity contribution is 0.0857. The molecule has 1 atom stereocenters. The SMILES string of the molecule is CCNC(=NCc1cccc(C)c1)NCc1cccc(C(=O)NCC2CCCO2)c1.I. The fourth-order valence-corrected chi connectivity index (χ4v) is 3.44. The van der Waals surface area contributed by atoms with Crippen LogP contribution >= 0.6 is 24.0 Å². The maximum Gasteiger partial charge on any atom is 0.251 e. The second kappa shape index (κ2) is 13.3. The Balaban J connectivity index is 0.00000341. The van der Waals surface area contributed by atoms with Crippen LogP contribution < -0.4 is 16.0 Å². The number of nitrogens with one attached hydrogen (secondary N) is 3. The van der Waals surface area contributed by atoms with Crippen molar-refractivity contribution in [2.45, 2.75) is 45.9 Å². The fourth-order valence-electron chi connectivity index (χ4n) is 3.44. The van der Waals surface area contributed by atoms with Crippen LogP contribution in [0.4, 0.5) is 0 Å². The number of rotatable bonds is 8. The molecule has 1 unspecified atom stereocenters. The number of nitrogens with zero attached hydrogens (tertiary/aromatic N) is 1. The first-order chi connectivity index (χ1) is 14.6. The van der Waals surface area contributed by atoms with Crippen molar-refractivity contribution in [1.82, 2.24) is 16.0 Å². The highest BCUT2D eigenvalue weighted by Crippen LogP contribution is 2.11. The van der Waals surface area contributed by atoms with Gasteiger partial charge >= 0.3 is 0 Å². The predicted molar refractivity (Wildman–Crippen MR) is 136 cm³/mol. The second-order valence-corrected chi connectivity index (χ2v) is 7.58. The van der Waals surface area contributed by atoms with E-state index in [1.165, 1.54) is 11.1 Å². The van der Waals surface area contributed by atoms with E-state index in [-0.39, 0.29) is 36.0 Å². The van der Waals surface area contributed by atoms with Gasteiger partial charge in [0.2, 0.25) is 0 Å². The standard InChI is InChI=1S/C24H32N4O2.HI/c1-3-25-24(27-15-19-8-4-7-18(2)13-19)28-16-20-9-5-10-21(14-20)23(29)26-17-22-11-6-12-30-22;/h4-5,7-10,13-14,22H,3,6,11-12,15-17H2,1-2H3,(H,26,29)(H2,25,27,28);1H. The number of halogens is 1. The third-order valence-corrected chi connectivity index (χ3v) is 5.01. The minimum atomic E-state index is -0.0626. The summed E-state index contributed by atoms with van der Waals surface area (Å²) in [5, 5.41) is 9.60. The van der Waals surface area contributed by atoms with Gasteiger partial charge in [-0.1, -0.05) is 42.0 Å². The van der Waals surface area contributed by atoms with E-state index in [4.69, 9.17) is 4.74 Å². The van der Waals surface area contributed by atoms with Crippen LogP contribution in [0.1, 0.15) is 46.8 Å². The van der Waals surface area contributed by atoms with Gasteiger partial charge in [0.1, 0.15) is 0 Å². The highest BCUT2D eigenvalue weighted by molar-refractivity contribution is 14.0. The maximum atomic E-state index is 12.5. The third-order valence-electron chi connectivity index (χ3n) is 5.01. The van der Waals surface area contributed by atoms with E-state index in [0.29, 0.717) is 25.2 Å². The van der Waals surface area contributed by atoms with Gasteiger partial charge in [-0.3, -0.25) is 4.79 Å². The van der Waals surface area contributed by atoms with Crippen LogP contribution in [0.2, 0.25) is 0 Å².